The van der Waals surface area contributed by atoms with Crippen LogP contribution in [0, 0.1) is 0 Å². The summed E-state index contributed by atoms with van der Waals surface area (Å²) >= 11 is 0. The molecule has 5 nitrogen and oxygen atoms in total. The summed E-state index contributed by atoms with van der Waals surface area (Å²) in [6, 6.07) is -0.390. The van der Waals surface area contributed by atoms with Crippen LogP contribution >= 0.6 is 0 Å². The van der Waals surface area contributed by atoms with Gasteiger partial charge in [-0.25, -0.2) is 4.79 Å². The SMILES string of the molecule is CC(N1CCOCC1)N(C)C(N)=O. The zero-order valence-electron chi connectivity index (χ0n) is 8.19. The lowest BCUT2D eigenvalue weighted by Gasteiger charge is -2.36. The second-order valence-electron chi connectivity index (χ2n) is 3.23. The highest BCUT2D eigenvalue weighted by atomic mass is 16.5. The third-order valence-corrected chi connectivity index (χ3v) is 2.48. The minimum absolute atomic E-state index is 0.0569. The average Bonchev–Trinajstić information content (AvgIpc) is 2.17. The lowest BCUT2D eigenvalue weighted by atomic mass is 10.3. The fourth-order valence-corrected chi connectivity index (χ4v) is 1.38. The topological polar surface area (TPSA) is 58.8 Å². The standard InChI is InChI=1S/C8H17N3O2/c1-7(10(2)8(9)12)11-3-5-13-6-4-11/h7H,3-6H2,1-2H3,(H2,9,12). The molecule has 13 heavy (non-hydrogen) atoms. The van der Waals surface area contributed by atoms with Gasteiger partial charge >= 0.3 is 6.03 Å². The summed E-state index contributed by atoms with van der Waals surface area (Å²) in [6.45, 7) is 5.15. The van der Waals surface area contributed by atoms with Crippen LogP contribution in [0.25, 0.3) is 0 Å². The quantitative estimate of drug-likeness (QED) is 0.644. The predicted molar refractivity (Wildman–Crippen MR) is 49.2 cm³/mol. The molecule has 0 spiro atoms. The van der Waals surface area contributed by atoms with E-state index in [2.05, 4.69) is 4.90 Å². The van der Waals surface area contributed by atoms with Gasteiger partial charge in [0.25, 0.3) is 0 Å². The lowest BCUT2D eigenvalue weighted by molar-refractivity contribution is -0.00845. The number of ether oxygens (including phenoxy) is 1. The van der Waals surface area contributed by atoms with Crippen molar-refractivity contribution in [2.75, 3.05) is 33.4 Å². The summed E-state index contributed by atoms with van der Waals surface area (Å²) in [5.41, 5.74) is 5.17. The second-order valence-corrected chi connectivity index (χ2v) is 3.23. The highest BCUT2D eigenvalue weighted by molar-refractivity contribution is 5.71. The van der Waals surface area contributed by atoms with Crippen molar-refractivity contribution in [2.45, 2.75) is 13.1 Å². The fraction of sp³-hybridized carbons (Fsp3) is 0.875. The maximum Gasteiger partial charge on any atom is 0.315 e. The molecule has 0 saturated carbocycles. The molecular weight excluding hydrogens is 170 g/mol. The van der Waals surface area contributed by atoms with E-state index >= 15 is 0 Å². The number of rotatable bonds is 2. The molecular formula is C8H17N3O2. The van der Waals surface area contributed by atoms with Gasteiger partial charge in [0.05, 0.1) is 19.4 Å². The Morgan fingerprint density at radius 3 is 2.54 bits per heavy atom. The molecule has 1 heterocycles. The number of nitrogens with zero attached hydrogens (tertiary/aromatic N) is 2. The molecule has 1 atom stereocenters. The van der Waals surface area contributed by atoms with Crippen molar-refractivity contribution in [1.29, 1.82) is 0 Å². The Morgan fingerprint density at radius 1 is 1.54 bits per heavy atom. The molecule has 0 aromatic carbocycles. The first-order valence-corrected chi connectivity index (χ1v) is 4.47. The number of nitrogens with two attached hydrogens (primary N) is 1. The number of carbonyl (C=O) groups is 1. The van der Waals surface area contributed by atoms with Gasteiger partial charge in [0, 0.05) is 20.1 Å². The largest absolute Gasteiger partial charge is 0.379 e. The molecule has 2 amide bonds. The summed E-state index contributed by atoms with van der Waals surface area (Å²) in [7, 11) is 1.71. The van der Waals surface area contributed by atoms with Crippen LogP contribution in [0.5, 0.6) is 0 Å². The number of amides is 2. The van der Waals surface area contributed by atoms with Crippen molar-refractivity contribution in [1.82, 2.24) is 9.80 Å². The molecule has 0 aromatic heterocycles. The molecule has 1 fully saturated rings. The Kier molecular flexibility index (Phi) is 3.50. The maximum atomic E-state index is 10.9. The molecule has 5 heteroatoms. The minimum Gasteiger partial charge on any atom is -0.379 e. The molecule has 1 aliphatic rings. The number of carbonyl (C=O) groups excluding carboxylic acids is 1. The van der Waals surface area contributed by atoms with Crippen LogP contribution in [0.4, 0.5) is 4.79 Å². The minimum atomic E-state index is -0.390. The maximum absolute atomic E-state index is 10.9. The van der Waals surface area contributed by atoms with Crippen LogP contribution in [0.3, 0.4) is 0 Å². The van der Waals surface area contributed by atoms with Gasteiger partial charge in [0.2, 0.25) is 0 Å². The number of primary amides is 1. The number of morpholine rings is 1. The molecule has 0 radical (unpaired) electrons. The monoisotopic (exact) mass is 187 g/mol. The van der Waals surface area contributed by atoms with Gasteiger partial charge in [-0.05, 0) is 6.92 Å². The van der Waals surface area contributed by atoms with Crippen LogP contribution in [-0.2, 0) is 4.74 Å². The third-order valence-electron chi connectivity index (χ3n) is 2.48. The normalized spacial score (nSPS) is 21.1. The number of hydrogen-bond donors (Lipinski definition) is 1. The van der Waals surface area contributed by atoms with E-state index in [-0.39, 0.29) is 12.2 Å². The summed E-state index contributed by atoms with van der Waals surface area (Å²) in [5, 5.41) is 0. The van der Waals surface area contributed by atoms with E-state index in [1.807, 2.05) is 6.92 Å². The van der Waals surface area contributed by atoms with Crippen molar-refractivity contribution in [3.63, 3.8) is 0 Å². The smallest absolute Gasteiger partial charge is 0.315 e. The number of hydrogen-bond acceptors (Lipinski definition) is 3. The summed E-state index contributed by atoms with van der Waals surface area (Å²) < 4.78 is 5.21. The first-order chi connectivity index (χ1) is 6.13. The van der Waals surface area contributed by atoms with Crippen LogP contribution in [0.15, 0.2) is 0 Å². The average molecular weight is 187 g/mol. The molecule has 76 valence electrons. The van der Waals surface area contributed by atoms with Crippen molar-refractivity contribution in [3.8, 4) is 0 Å². The van der Waals surface area contributed by atoms with E-state index in [0.29, 0.717) is 0 Å². The van der Waals surface area contributed by atoms with Crippen LogP contribution in [0.2, 0.25) is 0 Å². The van der Waals surface area contributed by atoms with Crippen molar-refractivity contribution in [2.24, 2.45) is 5.73 Å². The van der Waals surface area contributed by atoms with Crippen molar-refractivity contribution >= 4 is 6.03 Å². The van der Waals surface area contributed by atoms with Gasteiger partial charge in [-0.1, -0.05) is 0 Å². The van der Waals surface area contributed by atoms with E-state index in [4.69, 9.17) is 10.5 Å². The van der Waals surface area contributed by atoms with Gasteiger partial charge in [-0.3, -0.25) is 4.90 Å². The van der Waals surface area contributed by atoms with E-state index in [9.17, 15) is 4.79 Å². The Hall–Kier alpha value is -0.810. The summed E-state index contributed by atoms with van der Waals surface area (Å²) in [6.07, 6.45) is 0.0569. The second kappa shape index (κ2) is 4.43. The van der Waals surface area contributed by atoms with Gasteiger partial charge in [-0.2, -0.15) is 0 Å². The first-order valence-electron chi connectivity index (χ1n) is 4.47. The zero-order valence-corrected chi connectivity index (χ0v) is 8.19. The van der Waals surface area contributed by atoms with E-state index in [0.717, 1.165) is 26.3 Å². The molecule has 0 aliphatic carbocycles. The molecule has 1 saturated heterocycles. The van der Waals surface area contributed by atoms with Crippen LogP contribution in [-0.4, -0.2) is 55.3 Å². The van der Waals surface area contributed by atoms with Crippen molar-refractivity contribution < 1.29 is 9.53 Å². The predicted octanol–water partition coefficient (Wildman–Crippen LogP) is -0.325. The van der Waals surface area contributed by atoms with Gasteiger partial charge in [0.15, 0.2) is 0 Å². The Labute approximate surface area is 78.4 Å². The highest BCUT2D eigenvalue weighted by Crippen LogP contribution is 2.06. The van der Waals surface area contributed by atoms with E-state index in [1.54, 1.807) is 7.05 Å². The molecule has 1 rings (SSSR count). The highest BCUT2D eigenvalue weighted by Gasteiger charge is 2.21. The molecule has 0 bridgehead atoms. The van der Waals surface area contributed by atoms with Gasteiger partial charge < -0.3 is 15.4 Å². The van der Waals surface area contributed by atoms with Gasteiger partial charge in [0.1, 0.15) is 0 Å². The zero-order chi connectivity index (χ0) is 9.84. The Morgan fingerprint density at radius 2 is 2.08 bits per heavy atom. The Bertz CT molecular complexity index is 180. The molecule has 1 unspecified atom stereocenters. The first kappa shape index (κ1) is 10.3. The van der Waals surface area contributed by atoms with Crippen molar-refractivity contribution in [3.05, 3.63) is 0 Å². The lowest BCUT2D eigenvalue weighted by Crippen LogP contribution is -2.52. The fourth-order valence-electron chi connectivity index (χ4n) is 1.38. The molecule has 0 aromatic rings. The molecule has 2 N–H and O–H groups in total. The van der Waals surface area contributed by atoms with Crippen LogP contribution in [0.1, 0.15) is 6.92 Å². The number of urea groups is 1. The Balaban J connectivity index is 2.44. The molecule has 1 aliphatic heterocycles. The summed E-state index contributed by atoms with van der Waals surface area (Å²) in [4.78, 5) is 14.6. The van der Waals surface area contributed by atoms with Gasteiger partial charge in [-0.15, -0.1) is 0 Å². The third kappa shape index (κ3) is 2.57. The summed E-state index contributed by atoms with van der Waals surface area (Å²) in [5.74, 6) is 0. The van der Waals surface area contributed by atoms with Crippen LogP contribution < -0.4 is 5.73 Å². The van der Waals surface area contributed by atoms with E-state index in [1.165, 1.54) is 4.90 Å². The van der Waals surface area contributed by atoms with E-state index < -0.39 is 0 Å².